The van der Waals surface area contributed by atoms with E-state index < -0.39 is 17.2 Å². The van der Waals surface area contributed by atoms with Gasteiger partial charge >= 0.3 is 0 Å². The number of hydrogen-bond acceptors (Lipinski definition) is 7. The van der Waals surface area contributed by atoms with Crippen molar-refractivity contribution >= 4 is 5.71 Å². The number of rotatable bonds is 7. The Labute approximate surface area is 221 Å². The molecule has 0 unspecified atom stereocenters. The Balaban J connectivity index is 1.31. The quantitative estimate of drug-likeness (QED) is 0.352. The zero-order chi connectivity index (χ0) is 26.9. The van der Waals surface area contributed by atoms with E-state index >= 15 is 0 Å². The van der Waals surface area contributed by atoms with Crippen LogP contribution in [0.4, 0.5) is 8.78 Å². The smallest absolute Gasteiger partial charge is 0.159 e. The normalized spacial score (nSPS) is 18.4. The highest BCUT2D eigenvalue weighted by Crippen LogP contribution is 2.44. The van der Waals surface area contributed by atoms with E-state index in [0.29, 0.717) is 17.9 Å². The monoisotopic (exact) mass is 522 g/mol. The van der Waals surface area contributed by atoms with Gasteiger partial charge in [-0.3, -0.25) is 14.9 Å². The predicted molar refractivity (Wildman–Crippen MR) is 138 cm³/mol. The lowest BCUT2D eigenvalue weighted by atomic mass is 9.84. The first-order valence-corrected chi connectivity index (χ1v) is 12.8. The molecule has 2 aromatic heterocycles. The van der Waals surface area contributed by atoms with Crippen molar-refractivity contribution in [3.05, 3.63) is 94.6 Å². The van der Waals surface area contributed by atoms with Gasteiger partial charge in [-0.05, 0) is 75.1 Å². The van der Waals surface area contributed by atoms with Crippen LogP contribution in [0.5, 0.6) is 0 Å². The fraction of sp³-hybridized carbons (Fsp3) is 0.414. The number of benzene rings is 1. The van der Waals surface area contributed by atoms with E-state index in [0.717, 1.165) is 43.6 Å². The van der Waals surface area contributed by atoms with Crippen LogP contribution in [-0.2, 0) is 21.8 Å². The third-order valence-electron chi connectivity index (χ3n) is 7.34. The van der Waals surface area contributed by atoms with Crippen LogP contribution in [0.1, 0.15) is 67.6 Å². The second kappa shape index (κ2) is 10.5. The van der Waals surface area contributed by atoms with Gasteiger partial charge in [0.25, 0.3) is 0 Å². The van der Waals surface area contributed by atoms with Gasteiger partial charge in [0, 0.05) is 48.8 Å². The summed E-state index contributed by atoms with van der Waals surface area (Å²) in [5.74, 6) is -1.94. The highest BCUT2D eigenvalue weighted by molar-refractivity contribution is 6.11. The number of aliphatic hydroxyl groups is 1. The van der Waals surface area contributed by atoms with Crippen molar-refractivity contribution in [3.8, 4) is 0 Å². The van der Waals surface area contributed by atoms with E-state index in [4.69, 9.17) is 9.57 Å². The molecule has 1 fully saturated rings. The summed E-state index contributed by atoms with van der Waals surface area (Å²) in [7, 11) is 0. The number of oxime groups is 1. The van der Waals surface area contributed by atoms with E-state index in [-0.39, 0.29) is 24.0 Å². The minimum absolute atomic E-state index is 0.0734. The third kappa shape index (κ3) is 5.45. The summed E-state index contributed by atoms with van der Waals surface area (Å²) in [5.41, 5.74) is 3.13. The predicted octanol–water partition coefficient (Wildman–Crippen LogP) is 4.88. The topological polar surface area (TPSA) is 80.1 Å². The molecule has 9 heteroatoms. The van der Waals surface area contributed by atoms with Gasteiger partial charge in [0.15, 0.2) is 11.6 Å². The van der Waals surface area contributed by atoms with Gasteiger partial charge in [0.1, 0.15) is 12.3 Å². The fourth-order valence-electron chi connectivity index (χ4n) is 5.09. The van der Waals surface area contributed by atoms with Crippen LogP contribution in [0, 0.1) is 11.6 Å². The van der Waals surface area contributed by atoms with Crippen molar-refractivity contribution in [1.29, 1.82) is 0 Å². The number of fused-ring (bicyclic) bond motifs is 2. The van der Waals surface area contributed by atoms with Crippen LogP contribution in [0.2, 0.25) is 0 Å². The molecule has 1 aromatic carbocycles. The van der Waals surface area contributed by atoms with Gasteiger partial charge in [-0.2, -0.15) is 0 Å². The van der Waals surface area contributed by atoms with Crippen molar-refractivity contribution in [2.45, 2.75) is 57.5 Å². The summed E-state index contributed by atoms with van der Waals surface area (Å²) in [6.45, 7) is 7.65. The van der Waals surface area contributed by atoms with Crippen molar-refractivity contribution in [1.82, 2.24) is 14.9 Å². The molecule has 2 aliphatic heterocycles. The second-order valence-electron chi connectivity index (χ2n) is 10.7. The molecule has 0 saturated carbocycles. The molecule has 1 N–H and O–H groups in total. The van der Waals surface area contributed by atoms with Crippen LogP contribution in [-0.4, -0.2) is 51.0 Å². The molecule has 1 atom stereocenters. The SMILES string of the molecule is C[C@H](c1ccc(/C(=N/OCC(C)(C)O)c2ccc(F)c(F)c2)nc1)N1CCC2(CC1)OCc1ccncc12. The molecule has 0 aliphatic carbocycles. The van der Waals surface area contributed by atoms with Gasteiger partial charge in [-0.1, -0.05) is 11.2 Å². The summed E-state index contributed by atoms with van der Waals surface area (Å²) >= 11 is 0. The number of hydrogen-bond donors (Lipinski definition) is 1. The number of halogens is 2. The molecular formula is C29H32F2N4O3. The molecule has 3 aromatic rings. The number of piperidine rings is 1. The van der Waals surface area contributed by atoms with Crippen molar-refractivity contribution in [2.75, 3.05) is 19.7 Å². The Kier molecular flexibility index (Phi) is 7.26. The average Bonchev–Trinajstić information content (AvgIpc) is 3.26. The standard InChI is InChI=1S/C29H32F2N4O3/c1-19(35-12-9-29(10-13-35)23-16-32-11-8-22(23)17-37-29)21-5-7-26(33-15-21)27(34-38-18-28(2,3)36)20-4-6-24(30)25(31)14-20/h4-8,11,14-16,19,36H,9-10,12-13,17-18H2,1-3H3/b34-27+/t19-/m1/s1. The van der Waals surface area contributed by atoms with Gasteiger partial charge in [0.05, 0.1) is 23.5 Å². The van der Waals surface area contributed by atoms with E-state index in [1.54, 1.807) is 26.1 Å². The molecule has 2 aliphatic rings. The van der Waals surface area contributed by atoms with Gasteiger partial charge in [0.2, 0.25) is 0 Å². The number of aromatic nitrogens is 2. The largest absolute Gasteiger partial charge is 0.392 e. The molecular weight excluding hydrogens is 490 g/mol. The minimum Gasteiger partial charge on any atom is -0.392 e. The molecule has 1 spiro atoms. The zero-order valence-electron chi connectivity index (χ0n) is 21.8. The van der Waals surface area contributed by atoms with Gasteiger partial charge in [-0.15, -0.1) is 0 Å². The van der Waals surface area contributed by atoms with Crippen LogP contribution in [0.25, 0.3) is 0 Å². The first-order chi connectivity index (χ1) is 18.2. The fourth-order valence-corrected chi connectivity index (χ4v) is 5.09. The zero-order valence-corrected chi connectivity index (χ0v) is 21.8. The molecule has 0 bridgehead atoms. The van der Waals surface area contributed by atoms with E-state index in [2.05, 4.69) is 26.9 Å². The molecule has 4 heterocycles. The Morgan fingerprint density at radius 3 is 2.63 bits per heavy atom. The molecule has 5 rings (SSSR count). The maximum atomic E-state index is 14.0. The molecule has 0 amide bonds. The third-order valence-corrected chi connectivity index (χ3v) is 7.34. The Morgan fingerprint density at radius 2 is 1.95 bits per heavy atom. The molecule has 1 saturated heterocycles. The maximum Gasteiger partial charge on any atom is 0.159 e. The Hall–Kier alpha value is -3.27. The minimum atomic E-state index is -1.11. The van der Waals surface area contributed by atoms with Crippen LogP contribution in [0.15, 0.2) is 60.1 Å². The Bertz CT molecular complexity index is 1320. The Morgan fingerprint density at radius 1 is 1.16 bits per heavy atom. The summed E-state index contributed by atoms with van der Waals surface area (Å²) in [4.78, 5) is 16.7. The highest BCUT2D eigenvalue weighted by Gasteiger charge is 2.43. The van der Waals surface area contributed by atoms with Crippen LogP contribution >= 0.6 is 0 Å². The van der Waals surface area contributed by atoms with Gasteiger partial charge in [-0.25, -0.2) is 8.78 Å². The van der Waals surface area contributed by atoms with E-state index in [9.17, 15) is 13.9 Å². The summed E-state index contributed by atoms with van der Waals surface area (Å²) < 4.78 is 33.8. The maximum absolute atomic E-state index is 14.0. The lowest BCUT2D eigenvalue weighted by Gasteiger charge is -2.41. The van der Waals surface area contributed by atoms with Crippen LogP contribution in [0.3, 0.4) is 0 Å². The number of nitrogens with zero attached hydrogens (tertiary/aromatic N) is 4. The highest BCUT2D eigenvalue weighted by atomic mass is 19.2. The van der Waals surface area contributed by atoms with Gasteiger partial charge < -0.3 is 14.7 Å². The van der Waals surface area contributed by atoms with E-state index in [1.807, 2.05) is 24.5 Å². The second-order valence-corrected chi connectivity index (χ2v) is 10.7. The first kappa shape index (κ1) is 26.3. The number of likely N-dealkylation sites (tertiary alicyclic amines) is 1. The van der Waals surface area contributed by atoms with Crippen LogP contribution < -0.4 is 0 Å². The molecule has 7 nitrogen and oxygen atoms in total. The summed E-state index contributed by atoms with van der Waals surface area (Å²) in [5, 5.41) is 14.1. The first-order valence-electron chi connectivity index (χ1n) is 12.8. The average molecular weight is 523 g/mol. The summed E-state index contributed by atoms with van der Waals surface area (Å²) in [6, 6.07) is 9.45. The van der Waals surface area contributed by atoms with Crippen molar-refractivity contribution < 1.29 is 23.5 Å². The van der Waals surface area contributed by atoms with Crippen molar-refractivity contribution in [2.24, 2.45) is 5.16 Å². The number of pyridine rings is 2. The van der Waals surface area contributed by atoms with Crippen molar-refractivity contribution in [3.63, 3.8) is 0 Å². The molecule has 0 radical (unpaired) electrons. The lowest BCUT2D eigenvalue weighted by molar-refractivity contribution is -0.0838. The molecule has 38 heavy (non-hydrogen) atoms. The van der Waals surface area contributed by atoms with E-state index in [1.165, 1.54) is 17.2 Å². The summed E-state index contributed by atoms with van der Waals surface area (Å²) in [6.07, 6.45) is 7.33. The molecule has 200 valence electrons. The lowest BCUT2D eigenvalue weighted by Crippen LogP contribution is -2.43. The number of ether oxygens (including phenoxy) is 1.